The van der Waals surface area contributed by atoms with Crippen molar-refractivity contribution in [1.82, 2.24) is 9.78 Å². The molecule has 2 amide bonds. The summed E-state index contributed by atoms with van der Waals surface area (Å²) in [5.41, 5.74) is 5.16. The van der Waals surface area contributed by atoms with E-state index >= 15 is 0 Å². The van der Waals surface area contributed by atoms with Crippen molar-refractivity contribution in [2.24, 2.45) is 0 Å². The molecule has 1 N–H and O–H groups in total. The smallest absolute Gasteiger partial charge is 0.248 e. The van der Waals surface area contributed by atoms with E-state index in [2.05, 4.69) is 10.4 Å². The topological polar surface area (TPSA) is 67.2 Å². The molecule has 3 aromatic rings. The van der Waals surface area contributed by atoms with Gasteiger partial charge in [-0.05, 0) is 56.2 Å². The minimum Gasteiger partial charge on any atom is -0.322 e. The lowest BCUT2D eigenvalue weighted by Gasteiger charge is -2.16. The average Bonchev–Trinajstić information content (AvgIpc) is 3.31. The van der Waals surface area contributed by atoms with Crippen molar-refractivity contribution in [3.63, 3.8) is 0 Å². The second-order valence-electron chi connectivity index (χ2n) is 7.86. The molecule has 1 aliphatic rings. The molecule has 1 aliphatic heterocycles. The Hall–Kier alpha value is -3.38. The highest BCUT2D eigenvalue weighted by molar-refractivity contribution is 6.31. The second kappa shape index (κ2) is 9.40. The van der Waals surface area contributed by atoms with Crippen LogP contribution < -0.4 is 10.2 Å². The van der Waals surface area contributed by atoms with Crippen molar-refractivity contribution in [2.45, 2.75) is 33.2 Å². The Balaban J connectivity index is 1.46. The van der Waals surface area contributed by atoms with Crippen LogP contribution in [0.15, 0.2) is 54.6 Å². The molecule has 1 fully saturated rings. The fourth-order valence-electron chi connectivity index (χ4n) is 3.91. The van der Waals surface area contributed by atoms with Crippen molar-refractivity contribution in [2.75, 3.05) is 16.8 Å². The third-order valence-corrected chi connectivity index (χ3v) is 5.98. The van der Waals surface area contributed by atoms with Gasteiger partial charge in [-0.3, -0.25) is 14.3 Å². The highest BCUT2D eigenvalue weighted by Crippen LogP contribution is 2.24. The first-order valence-electron chi connectivity index (χ1n) is 10.6. The molecule has 0 aliphatic carbocycles. The van der Waals surface area contributed by atoms with E-state index in [1.807, 2.05) is 67.1 Å². The lowest BCUT2D eigenvalue weighted by molar-refractivity contribution is -0.117. The number of rotatable bonds is 6. The van der Waals surface area contributed by atoms with Crippen molar-refractivity contribution in [1.29, 1.82) is 0 Å². The van der Waals surface area contributed by atoms with Crippen LogP contribution in [0.2, 0.25) is 5.02 Å². The van der Waals surface area contributed by atoms with Gasteiger partial charge in [0.2, 0.25) is 11.8 Å². The van der Waals surface area contributed by atoms with E-state index in [0.29, 0.717) is 30.2 Å². The molecular weight excluding hydrogens is 424 g/mol. The second-order valence-corrected chi connectivity index (χ2v) is 8.26. The Morgan fingerprint density at radius 1 is 1.19 bits per heavy atom. The maximum Gasteiger partial charge on any atom is 0.248 e. The van der Waals surface area contributed by atoms with Crippen LogP contribution >= 0.6 is 11.6 Å². The summed E-state index contributed by atoms with van der Waals surface area (Å²) < 4.78 is 1.89. The first-order valence-corrected chi connectivity index (χ1v) is 11.0. The van der Waals surface area contributed by atoms with Crippen LogP contribution in [0.25, 0.3) is 6.08 Å². The number of benzene rings is 2. The van der Waals surface area contributed by atoms with Gasteiger partial charge in [-0.25, -0.2) is 0 Å². The Morgan fingerprint density at radius 2 is 2.00 bits per heavy atom. The molecule has 0 atom stereocenters. The minimum atomic E-state index is -0.243. The maximum absolute atomic E-state index is 12.5. The number of hydrogen-bond acceptors (Lipinski definition) is 3. The van der Waals surface area contributed by atoms with Crippen LogP contribution in [0, 0.1) is 13.8 Å². The predicted molar refractivity (Wildman–Crippen MR) is 128 cm³/mol. The molecule has 7 heteroatoms. The van der Waals surface area contributed by atoms with Gasteiger partial charge in [0.15, 0.2) is 0 Å². The number of carbonyl (C=O) groups excluding carboxylic acids is 2. The first kappa shape index (κ1) is 21.8. The summed E-state index contributed by atoms with van der Waals surface area (Å²) in [6, 6.07) is 15.1. The number of nitrogens with zero attached hydrogens (tertiary/aromatic N) is 3. The zero-order valence-corrected chi connectivity index (χ0v) is 18.9. The molecule has 0 bridgehead atoms. The van der Waals surface area contributed by atoms with Crippen LogP contribution in [-0.4, -0.2) is 28.1 Å². The van der Waals surface area contributed by atoms with Gasteiger partial charge in [-0.1, -0.05) is 35.9 Å². The third-order valence-electron chi connectivity index (χ3n) is 5.62. The number of anilines is 2. The highest BCUT2D eigenvalue weighted by Gasteiger charge is 2.21. The van der Waals surface area contributed by atoms with Crippen molar-refractivity contribution in [3.8, 4) is 0 Å². The zero-order chi connectivity index (χ0) is 22.7. The Bertz CT molecular complexity index is 1200. The summed E-state index contributed by atoms with van der Waals surface area (Å²) in [7, 11) is 0. The molecule has 6 nitrogen and oxygen atoms in total. The SMILES string of the molecule is Cc1nn(Cc2ccccc2Cl)c(C)c1/C=C/C(=O)Nc1cccc(N2CCCC2=O)c1. The maximum atomic E-state index is 12.5. The summed E-state index contributed by atoms with van der Waals surface area (Å²) in [6.45, 7) is 5.18. The first-order chi connectivity index (χ1) is 15.4. The molecule has 0 radical (unpaired) electrons. The molecule has 0 spiro atoms. The molecule has 1 aromatic heterocycles. The molecule has 2 aromatic carbocycles. The summed E-state index contributed by atoms with van der Waals surface area (Å²) >= 11 is 6.28. The molecule has 1 saturated heterocycles. The third kappa shape index (κ3) is 4.75. The number of nitrogens with one attached hydrogen (secondary N) is 1. The van der Waals surface area contributed by atoms with E-state index in [1.165, 1.54) is 6.08 Å². The van der Waals surface area contributed by atoms with Crippen LogP contribution in [0.1, 0.15) is 35.4 Å². The van der Waals surface area contributed by atoms with E-state index < -0.39 is 0 Å². The largest absolute Gasteiger partial charge is 0.322 e. The molecule has 0 saturated carbocycles. The van der Waals surface area contributed by atoms with Crippen molar-refractivity contribution < 1.29 is 9.59 Å². The standard InChI is InChI=1S/C25H25ClN4O2/c1-17-22(18(2)30(28-17)16-19-7-3-4-10-23(19)26)12-13-24(31)27-20-8-5-9-21(15-20)29-14-6-11-25(29)32/h3-5,7-10,12-13,15H,6,11,14,16H2,1-2H3,(H,27,31)/b13-12+. The van der Waals surface area contributed by atoms with E-state index in [4.69, 9.17) is 11.6 Å². The molecule has 2 heterocycles. The molecule has 4 rings (SSSR count). The van der Waals surface area contributed by atoms with Gasteiger partial charge in [0.25, 0.3) is 0 Å². The van der Waals surface area contributed by atoms with E-state index in [1.54, 1.807) is 11.0 Å². The number of aromatic nitrogens is 2. The van der Waals surface area contributed by atoms with Crippen LogP contribution in [0.3, 0.4) is 0 Å². The number of halogens is 1. The number of hydrogen-bond donors (Lipinski definition) is 1. The van der Waals surface area contributed by atoms with Gasteiger partial charge >= 0.3 is 0 Å². The minimum absolute atomic E-state index is 0.119. The van der Waals surface area contributed by atoms with E-state index in [0.717, 1.165) is 34.6 Å². The normalized spacial score (nSPS) is 13.8. The lowest BCUT2D eigenvalue weighted by atomic mass is 10.1. The van der Waals surface area contributed by atoms with E-state index in [9.17, 15) is 9.59 Å². The predicted octanol–water partition coefficient (Wildman–Crippen LogP) is 4.98. The summed E-state index contributed by atoms with van der Waals surface area (Å²) in [6.07, 6.45) is 4.72. The fourth-order valence-corrected chi connectivity index (χ4v) is 4.11. The van der Waals surface area contributed by atoms with Crippen LogP contribution in [0.5, 0.6) is 0 Å². The van der Waals surface area contributed by atoms with Gasteiger partial charge in [0, 0.05) is 46.7 Å². The summed E-state index contributed by atoms with van der Waals surface area (Å²) in [4.78, 5) is 26.3. The quantitative estimate of drug-likeness (QED) is 0.541. The van der Waals surface area contributed by atoms with Gasteiger partial charge in [-0.2, -0.15) is 5.10 Å². The van der Waals surface area contributed by atoms with Gasteiger partial charge in [0.05, 0.1) is 12.2 Å². The molecule has 0 unspecified atom stereocenters. The van der Waals surface area contributed by atoms with Crippen LogP contribution in [-0.2, 0) is 16.1 Å². The number of amides is 2. The van der Waals surface area contributed by atoms with E-state index in [-0.39, 0.29) is 11.8 Å². The van der Waals surface area contributed by atoms with Crippen molar-refractivity contribution in [3.05, 3.63) is 82.1 Å². The highest BCUT2D eigenvalue weighted by atomic mass is 35.5. The zero-order valence-electron chi connectivity index (χ0n) is 18.1. The van der Waals surface area contributed by atoms with Gasteiger partial charge < -0.3 is 10.2 Å². The van der Waals surface area contributed by atoms with Crippen LogP contribution in [0.4, 0.5) is 11.4 Å². The molecular formula is C25H25ClN4O2. The lowest BCUT2D eigenvalue weighted by Crippen LogP contribution is -2.23. The average molecular weight is 449 g/mol. The Morgan fingerprint density at radius 3 is 2.75 bits per heavy atom. The number of carbonyl (C=O) groups is 2. The Kier molecular flexibility index (Phi) is 6.42. The molecule has 32 heavy (non-hydrogen) atoms. The Labute approximate surface area is 192 Å². The van der Waals surface area contributed by atoms with Gasteiger partial charge in [-0.15, -0.1) is 0 Å². The summed E-state index contributed by atoms with van der Waals surface area (Å²) in [5.74, 6) is -0.124. The molecule has 164 valence electrons. The van der Waals surface area contributed by atoms with Crippen molar-refractivity contribution >= 4 is 40.9 Å². The van der Waals surface area contributed by atoms with Gasteiger partial charge in [0.1, 0.15) is 0 Å². The summed E-state index contributed by atoms with van der Waals surface area (Å²) in [5, 5.41) is 8.19. The monoisotopic (exact) mass is 448 g/mol. The fraction of sp³-hybridized carbons (Fsp3) is 0.240. The number of aryl methyl sites for hydroxylation is 1.